The van der Waals surface area contributed by atoms with Crippen molar-refractivity contribution in [3.05, 3.63) is 18.2 Å². The molecule has 2 heterocycles. The standard InChI is InChI=1S/C14H22N6/c1-10-5-3-4-6-14(10,9-15)17-12-13-19-18-11(2)20(13)8-7-16-12/h7-8,10H,3-6,9,15H2,1-2H3,(H,16,17). The molecule has 3 rings (SSSR count). The van der Waals surface area contributed by atoms with Gasteiger partial charge in [0.2, 0.25) is 5.65 Å². The summed E-state index contributed by atoms with van der Waals surface area (Å²) >= 11 is 0. The number of hydrogen-bond acceptors (Lipinski definition) is 5. The van der Waals surface area contributed by atoms with E-state index >= 15 is 0 Å². The third-order valence-corrected chi connectivity index (χ3v) is 4.68. The zero-order valence-corrected chi connectivity index (χ0v) is 12.1. The lowest BCUT2D eigenvalue weighted by atomic mass is 9.73. The first kappa shape index (κ1) is 13.3. The maximum absolute atomic E-state index is 6.09. The summed E-state index contributed by atoms with van der Waals surface area (Å²) in [7, 11) is 0. The molecule has 1 saturated carbocycles. The predicted octanol–water partition coefficient (Wildman–Crippen LogP) is 1.75. The van der Waals surface area contributed by atoms with Crippen molar-refractivity contribution in [2.24, 2.45) is 11.7 Å². The second kappa shape index (κ2) is 5.01. The van der Waals surface area contributed by atoms with E-state index in [1.807, 2.05) is 17.5 Å². The fourth-order valence-electron chi connectivity index (χ4n) is 3.22. The molecule has 1 aliphatic rings. The monoisotopic (exact) mass is 274 g/mol. The predicted molar refractivity (Wildman–Crippen MR) is 78.6 cm³/mol. The summed E-state index contributed by atoms with van der Waals surface area (Å²) < 4.78 is 1.95. The molecule has 0 saturated heterocycles. The summed E-state index contributed by atoms with van der Waals surface area (Å²) in [6.45, 7) is 4.82. The summed E-state index contributed by atoms with van der Waals surface area (Å²) in [6, 6.07) is 0. The van der Waals surface area contributed by atoms with E-state index in [0.717, 1.165) is 23.7 Å². The fraction of sp³-hybridized carbons (Fsp3) is 0.643. The first-order chi connectivity index (χ1) is 9.66. The Balaban J connectivity index is 1.99. The number of fused-ring (bicyclic) bond motifs is 1. The first-order valence-corrected chi connectivity index (χ1v) is 7.31. The Labute approximate surface area is 118 Å². The minimum Gasteiger partial charge on any atom is -0.360 e. The molecule has 1 aliphatic carbocycles. The molecule has 0 aliphatic heterocycles. The molecule has 0 amide bonds. The smallest absolute Gasteiger partial charge is 0.203 e. The van der Waals surface area contributed by atoms with Gasteiger partial charge < -0.3 is 11.1 Å². The average molecular weight is 274 g/mol. The Morgan fingerprint density at radius 3 is 3.05 bits per heavy atom. The second-order valence-electron chi connectivity index (χ2n) is 5.85. The zero-order valence-electron chi connectivity index (χ0n) is 12.1. The van der Waals surface area contributed by atoms with Gasteiger partial charge in [-0.2, -0.15) is 0 Å². The van der Waals surface area contributed by atoms with Crippen LogP contribution in [-0.4, -0.2) is 31.7 Å². The van der Waals surface area contributed by atoms with E-state index in [2.05, 4.69) is 27.4 Å². The van der Waals surface area contributed by atoms with Gasteiger partial charge in [-0.05, 0) is 25.7 Å². The van der Waals surface area contributed by atoms with Crippen molar-refractivity contribution in [2.75, 3.05) is 11.9 Å². The molecule has 3 N–H and O–H groups in total. The SMILES string of the molecule is Cc1nnc2c(NC3(CN)CCCCC3C)nccn12. The van der Waals surface area contributed by atoms with E-state index in [-0.39, 0.29) is 5.54 Å². The fourth-order valence-corrected chi connectivity index (χ4v) is 3.22. The van der Waals surface area contributed by atoms with Crippen LogP contribution in [0.2, 0.25) is 0 Å². The van der Waals surface area contributed by atoms with Gasteiger partial charge in [0.25, 0.3) is 0 Å². The number of aromatic nitrogens is 4. The molecule has 0 aromatic carbocycles. The van der Waals surface area contributed by atoms with E-state index in [9.17, 15) is 0 Å². The van der Waals surface area contributed by atoms with Gasteiger partial charge in [-0.15, -0.1) is 10.2 Å². The van der Waals surface area contributed by atoms with Crippen LogP contribution in [0, 0.1) is 12.8 Å². The van der Waals surface area contributed by atoms with Crippen LogP contribution in [0.3, 0.4) is 0 Å². The van der Waals surface area contributed by atoms with E-state index < -0.39 is 0 Å². The maximum atomic E-state index is 6.09. The van der Waals surface area contributed by atoms with Gasteiger partial charge in [0, 0.05) is 18.9 Å². The molecule has 2 aromatic rings. The van der Waals surface area contributed by atoms with Crippen LogP contribution in [0.25, 0.3) is 5.65 Å². The summed E-state index contributed by atoms with van der Waals surface area (Å²) in [5.41, 5.74) is 6.79. The molecule has 0 spiro atoms. The Hall–Kier alpha value is -1.69. The molecule has 1 fully saturated rings. The highest BCUT2D eigenvalue weighted by Gasteiger charge is 2.37. The van der Waals surface area contributed by atoms with Gasteiger partial charge in [0.1, 0.15) is 5.82 Å². The third-order valence-electron chi connectivity index (χ3n) is 4.68. The molecule has 2 aromatic heterocycles. The molecular formula is C14H22N6. The zero-order chi connectivity index (χ0) is 14.2. The number of nitrogens with two attached hydrogens (primary N) is 1. The van der Waals surface area contributed by atoms with Crippen LogP contribution >= 0.6 is 0 Å². The van der Waals surface area contributed by atoms with Crippen molar-refractivity contribution >= 4 is 11.5 Å². The summed E-state index contributed by atoms with van der Waals surface area (Å²) in [4.78, 5) is 4.45. The largest absolute Gasteiger partial charge is 0.360 e. The number of rotatable bonds is 3. The molecule has 6 heteroatoms. The van der Waals surface area contributed by atoms with Crippen molar-refractivity contribution in [2.45, 2.75) is 45.1 Å². The molecular weight excluding hydrogens is 252 g/mol. The summed E-state index contributed by atoms with van der Waals surface area (Å²) in [5.74, 6) is 2.18. The van der Waals surface area contributed by atoms with Gasteiger partial charge in [-0.25, -0.2) is 4.98 Å². The Kier molecular flexibility index (Phi) is 3.33. The summed E-state index contributed by atoms with van der Waals surface area (Å²) in [5, 5.41) is 11.9. The van der Waals surface area contributed by atoms with Crippen molar-refractivity contribution in [3.8, 4) is 0 Å². The van der Waals surface area contributed by atoms with Crippen LogP contribution < -0.4 is 11.1 Å². The van der Waals surface area contributed by atoms with Gasteiger partial charge >= 0.3 is 0 Å². The van der Waals surface area contributed by atoms with E-state index in [1.54, 1.807) is 6.20 Å². The van der Waals surface area contributed by atoms with E-state index in [0.29, 0.717) is 12.5 Å². The van der Waals surface area contributed by atoms with Gasteiger partial charge in [-0.3, -0.25) is 4.40 Å². The lowest BCUT2D eigenvalue weighted by molar-refractivity contribution is 0.235. The quantitative estimate of drug-likeness (QED) is 0.891. The minimum atomic E-state index is -0.0764. The average Bonchev–Trinajstić information content (AvgIpc) is 2.84. The molecule has 20 heavy (non-hydrogen) atoms. The third kappa shape index (κ3) is 2.04. The van der Waals surface area contributed by atoms with Crippen LogP contribution in [-0.2, 0) is 0 Å². The Morgan fingerprint density at radius 1 is 1.45 bits per heavy atom. The maximum Gasteiger partial charge on any atom is 0.203 e. The van der Waals surface area contributed by atoms with Crippen molar-refractivity contribution < 1.29 is 0 Å². The first-order valence-electron chi connectivity index (χ1n) is 7.31. The topological polar surface area (TPSA) is 81.1 Å². The molecule has 0 radical (unpaired) electrons. The highest BCUT2D eigenvalue weighted by atomic mass is 15.3. The molecule has 2 atom stereocenters. The van der Waals surface area contributed by atoms with Gasteiger partial charge in [0.05, 0.1) is 5.54 Å². The Morgan fingerprint density at radius 2 is 2.30 bits per heavy atom. The van der Waals surface area contributed by atoms with E-state index in [1.165, 1.54) is 19.3 Å². The number of anilines is 1. The number of nitrogens with zero attached hydrogens (tertiary/aromatic N) is 4. The van der Waals surface area contributed by atoms with Gasteiger partial charge in [0.15, 0.2) is 5.82 Å². The highest BCUT2D eigenvalue weighted by Crippen LogP contribution is 2.35. The molecule has 6 nitrogen and oxygen atoms in total. The summed E-state index contributed by atoms with van der Waals surface area (Å²) in [6.07, 6.45) is 8.45. The second-order valence-corrected chi connectivity index (χ2v) is 5.85. The van der Waals surface area contributed by atoms with Gasteiger partial charge in [-0.1, -0.05) is 19.8 Å². The Bertz CT molecular complexity index is 607. The van der Waals surface area contributed by atoms with Crippen LogP contribution in [0.5, 0.6) is 0 Å². The van der Waals surface area contributed by atoms with Crippen molar-refractivity contribution in [1.29, 1.82) is 0 Å². The van der Waals surface area contributed by atoms with Crippen molar-refractivity contribution in [3.63, 3.8) is 0 Å². The highest BCUT2D eigenvalue weighted by molar-refractivity contribution is 5.63. The lowest BCUT2D eigenvalue weighted by Gasteiger charge is -2.43. The van der Waals surface area contributed by atoms with Crippen molar-refractivity contribution in [1.82, 2.24) is 19.6 Å². The van der Waals surface area contributed by atoms with Crippen LogP contribution in [0.4, 0.5) is 5.82 Å². The van der Waals surface area contributed by atoms with Crippen LogP contribution in [0.15, 0.2) is 12.4 Å². The molecule has 108 valence electrons. The van der Waals surface area contributed by atoms with E-state index in [4.69, 9.17) is 5.73 Å². The van der Waals surface area contributed by atoms with Crippen LogP contribution in [0.1, 0.15) is 38.4 Å². The minimum absolute atomic E-state index is 0.0764. The number of hydrogen-bond donors (Lipinski definition) is 2. The number of nitrogens with one attached hydrogen (secondary N) is 1. The lowest BCUT2D eigenvalue weighted by Crippen LogP contribution is -2.52. The molecule has 2 unspecified atom stereocenters. The number of aryl methyl sites for hydroxylation is 1. The normalized spacial score (nSPS) is 26.9. The molecule has 0 bridgehead atoms.